The molecule has 2 aliphatic rings. The molecule has 0 saturated heterocycles. The molecule has 1 heteroatoms. The van der Waals surface area contributed by atoms with Crippen molar-refractivity contribution in [2.75, 3.05) is 0 Å². The van der Waals surface area contributed by atoms with E-state index < -0.39 is 0 Å². The van der Waals surface area contributed by atoms with Crippen LogP contribution in [-0.2, 0) is 6.42 Å². The Labute approximate surface area is 224 Å². The third-order valence-electron chi connectivity index (χ3n) is 8.20. The van der Waals surface area contributed by atoms with E-state index in [4.69, 9.17) is 4.42 Å². The molecule has 1 aromatic heterocycles. The molecule has 0 amide bonds. The van der Waals surface area contributed by atoms with Gasteiger partial charge in [-0.3, -0.25) is 0 Å². The zero-order chi connectivity index (χ0) is 25.8. The summed E-state index contributed by atoms with van der Waals surface area (Å²) in [5.41, 5.74) is 16.0. The Morgan fingerprint density at radius 1 is 0.605 bits per heavy atom. The van der Waals surface area contributed by atoms with Crippen molar-refractivity contribution in [3.05, 3.63) is 148 Å². The Morgan fingerprint density at radius 3 is 1.87 bits per heavy atom. The third kappa shape index (κ3) is 3.62. The Balaban J connectivity index is 1.43. The van der Waals surface area contributed by atoms with Crippen LogP contribution in [0.15, 0.2) is 107 Å². The molecule has 1 heterocycles. The van der Waals surface area contributed by atoms with Crippen LogP contribution in [0, 0.1) is 20.8 Å². The van der Waals surface area contributed by atoms with Gasteiger partial charge in [0, 0.05) is 11.5 Å². The van der Waals surface area contributed by atoms with Crippen LogP contribution in [0.3, 0.4) is 0 Å². The highest BCUT2D eigenvalue weighted by molar-refractivity contribution is 5.99. The van der Waals surface area contributed by atoms with Crippen molar-refractivity contribution in [2.24, 2.45) is 0 Å². The minimum absolute atomic E-state index is 0.162. The summed E-state index contributed by atoms with van der Waals surface area (Å²) in [6.45, 7) is 6.48. The van der Waals surface area contributed by atoms with E-state index in [1.165, 1.54) is 66.8 Å². The number of fused-ring (bicyclic) bond motifs is 2. The molecule has 1 atom stereocenters. The third-order valence-corrected chi connectivity index (χ3v) is 8.20. The molecule has 38 heavy (non-hydrogen) atoms. The molecule has 4 aromatic carbocycles. The number of rotatable bonds is 4. The first kappa shape index (κ1) is 22.8. The molecule has 0 saturated carbocycles. The Kier molecular flexibility index (Phi) is 5.33. The SMILES string of the molecule is Cc1ccc(C2=Cc3c(ccc(C)c3-c3ccccc3)C2C2=Cc3c(ccc(C)c3-c3ccccc3)C2)o1. The molecule has 0 fully saturated rings. The summed E-state index contributed by atoms with van der Waals surface area (Å²) in [6.07, 6.45) is 5.81. The maximum absolute atomic E-state index is 6.26. The maximum atomic E-state index is 6.26. The van der Waals surface area contributed by atoms with Crippen molar-refractivity contribution in [3.8, 4) is 22.3 Å². The van der Waals surface area contributed by atoms with Crippen LogP contribution < -0.4 is 0 Å². The minimum Gasteiger partial charge on any atom is -0.462 e. The largest absolute Gasteiger partial charge is 0.462 e. The van der Waals surface area contributed by atoms with Crippen LogP contribution in [0.2, 0.25) is 0 Å². The van der Waals surface area contributed by atoms with Gasteiger partial charge in [0.05, 0.1) is 0 Å². The zero-order valence-corrected chi connectivity index (χ0v) is 22.1. The number of allylic oxidation sites excluding steroid dienone is 2. The fourth-order valence-electron chi connectivity index (χ4n) is 6.47. The molecule has 7 rings (SSSR count). The second kappa shape index (κ2) is 8.89. The fraction of sp³-hybridized carbons (Fsp3) is 0.135. The number of hydrogen-bond donors (Lipinski definition) is 0. The second-order valence-corrected chi connectivity index (χ2v) is 10.7. The average molecular weight is 491 g/mol. The molecule has 1 unspecified atom stereocenters. The van der Waals surface area contributed by atoms with Gasteiger partial charge in [-0.2, -0.15) is 0 Å². The molecule has 0 spiro atoms. The molecule has 5 aromatic rings. The van der Waals surface area contributed by atoms with Gasteiger partial charge in [0.15, 0.2) is 0 Å². The Hall–Kier alpha value is -4.36. The first-order valence-electron chi connectivity index (χ1n) is 13.4. The highest BCUT2D eigenvalue weighted by Crippen LogP contribution is 2.52. The van der Waals surface area contributed by atoms with Gasteiger partial charge in [-0.05, 0) is 101 Å². The van der Waals surface area contributed by atoms with Crippen molar-refractivity contribution >= 4 is 17.7 Å². The summed E-state index contributed by atoms with van der Waals surface area (Å²) in [5.74, 6) is 2.08. The van der Waals surface area contributed by atoms with Gasteiger partial charge in [-0.1, -0.05) is 96.6 Å². The maximum Gasteiger partial charge on any atom is 0.131 e. The summed E-state index contributed by atoms with van der Waals surface area (Å²) >= 11 is 0. The first-order valence-corrected chi connectivity index (χ1v) is 13.4. The predicted octanol–water partition coefficient (Wildman–Crippen LogP) is 9.82. The number of furan rings is 1. The molecule has 0 radical (unpaired) electrons. The van der Waals surface area contributed by atoms with Gasteiger partial charge in [0.1, 0.15) is 11.5 Å². The van der Waals surface area contributed by atoms with Crippen molar-refractivity contribution in [1.29, 1.82) is 0 Å². The summed E-state index contributed by atoms with van der Waals surface area (Å²) in [6, 6.07) is 35.1. The summed E-state index contributed by atoms with van der Waals surface area (Å²) in [4.78, 5) is 0. The van der Waals surface area contributed by atoms with Gasteiger partial charge in [0.25, 0.3) is 0 Å². The van der Waals surface area contributed by atoms with E-state index in [9.17, 15) is 0 Å². The van der Waals surface area contributed by atoms with Gasteiger partial charge in [-0.25, -0.2) is 0 Å². The average Bonchev–Trinajstić information content (AvgIpc) is 3.65. The number of benzene rings is 4. The molecular formula is C37H30O. The van der Waals surface area contributed by atoms with Crippen molar-refractivity contribution in [3.63, 3.8) is 0 Å². The molecule has 2 aliphatic carbocycles. The van der Waals surface area contributed by atoms with E-state index in [-0.39, 0.29) is 5.92 Å². The second-order valence-electron chi connectivity index (χ2n) is 10.7. The van der Waals surface area contributed by atoms with E-state index in [1.54, 1.807) is 0 Å². The van der Waals surface area contributed by atoms with Gasteiger partial charge in [-0.15, -0.1) is 0 Å². The van der Waals surface area contributed by atoms with Crippen LogP contribution >= 0.6 is 0 Å². The highest BCUT2D eigenvalue weighted by Gasteiger charge is 2.35. The Bertz CT molecular complexity index is 1750. The lowest BCUT2D eigenvalue weighted by Gasteiger charge is -2.19. The molecular weight excluding hydrogens is 460 g/mol. The summed E-state index contributed by atoms with van der Waals surface area (Å²) < 4.78 is 6.26. The monoisotopic (exact) mass is 490 g/mol. The summed E-state index contributed by atoms with van der Waals surface area (Å²) in [5, 5.41) is 0. The standard InChI is InChI=1S/C37H30O/c1-23-14-17-28-20-29(21-31(28)35(23)26-10-6-4-7-11-26)37-30-18-15-24(2)36(27-12-8-5-9-13-27)32(30)22-33(37)34-19-16-25(3)38-34/h4-19,21-22,37H,20H2,1-3H3. The molecule has 0 bridgehead atoms. The molecule has 0 N–H and O–H groups in total. The van der Waals surface area contributed by atoms with Crippen molar-refractivity contribution in [2.45, 2.75) is 33.1 Å². The Morgan fingerprint density at radius 2 is 1.24 bits per heavy atom. The molecule has 0 aliphatic heterocycles. The first-order chi connectivity index (χ1) is 18.6. The van der Waals surface area contributed by atoms with Gasteiger partial charge in [0.2, 0.25) is 0 Å². The number of hydrogen-bond acceptors (Lipinski definition) is 1. The van der Waals surface area contributed by atoms with Gasteiger partial charge < -0.3 is 4.42 Å². The molecule has 184 valence electrons. The zero-order valence-electron chi connectivity index (χ0n) is 22.1. The smallest absolute Gasteiger partial charge is 0.131 e. The summed E-state index contributed by atoms with van der Waals surface area (Å²) in [7, 11) is 0. The van der Waals surface area contributed by atoms with Gasteiger partial charge >= 0.3 is 0 Å². The van der Waals surface area contributed by atoms with E-state index in [0.29, 0.717) is 0 Å². The van der Waals surface area contributed by atoms with Crippen LogP contribution in [0.4, 0.5) is 0 Å². The minimum atomic E-state index is 0.162. The number of aryl methyl sites for hydroxylation is 3. The van der Waals surface area contributed by atoms with Crippen LogP contribution in [0.25, 0.3) is 40.0 Å². The lowest BCUT2D eigenvalue weighted by atomic mass is 9.84. The highest BCUT2D eigenvalue weighted by atomic mass is 16.3. The topological polar surface area (TPSA) is 13.1 Å². The molecule has 1 nitrogen and oxygen atoms in total. The van der Waals surface area contributed by atoms with Crippen LogP contribution in [0.1, 0.15) is 50.8 Å². The fourth-order valence-corrected chi connectivity index (χ4v) is 6.47. The van der Waals surface area contributed by atoms with E-state index in [2.05, 4.69) is 123 Å². The van der Waals surface area contributed by atoms with E-state index >= 15 is 0 Å². The van der Waals surface area contributed by atoms with Crippen molar-refractivity contribution in [1.82, 2.24) is 0 Å². The predicted molar refractivity (Wildman–Crippen MR) is 159 cm³/mol. The van der Waals surface area contributed by atoms with E-state index in [0.717, 1.165) is 17.9 Å². The van der Waals surface area contributed by atoms with E-state index in [1.807, 2.05) is 6.92 Å². The van der Waals surface area contributed by atoms with Crippen molar-refractivity contribution < 1.29 is 4.42 Å². The van der Waals surface area contributed by atoms with Crippen LogP contribution in [-0.4, -0.2) is 0 Å². The van der Waals surface area contributed by atoms with Crippen LogP contribution in [0.5, 0.6) is 0 Å². The lowest BCUT2D eigenvalue weighted by molar-refractivity contribution is 0.519. The normalized spacial score (nSPS) is 15.7. The lowest BCUT2D eigenvalue weighted by Crippen LogP contribution is -2.03. The quantitative estimate of drug-likeness (QED) is 0.244.